The summed E-state index contributed by atoms with van der Waals surface area (Å²) in [5.74, 6) is -0.305. The van der Waals surface area contributed by atoms with E-state index in [2.05, 4.69) is 29.5 Å². The number of ether oxygens (including phenoxy) is 1. The maximum Gasteiger partial charge on any atom is 0.331 e. The normalized spacial score (nSPS) is 26.0. The van der Waals surface area contributed by atoms with Crippen LogP contribution in [0.1, 0.15) is 38.0 Å². The molecule has 0 N–H and O–H groups in total. The molecule has 2 heterocycles. The molecule has 2 aromatic carbocycles. The fourth-order valence-corrected chi connectivity index (χ4v) is 6.99. The van der Waals surface area contributed by atoms with Crippen molar-refractivity contribution in [1.82, 2.24) is 4.90 Å². The second kappa shape index (κ2) is 7.95. The number of thioether (sulfide) groups is 1. The number of hydrogen-bond donors (Lipinski definition) is 0. The van der Waals surface area contributed by atoms with Crippen LogP contribution in [0.4, 0.5) is 0 Å². The van der Waals surface area contributed by atoms with Crippen LogP contribution in [-0.2, 0) is 14.3 Å². The van der Waals surface area contributed by atoms with Gasteiger partial charge in [0.15, 0.2) is 6.10 Å². The molecule has 152 valence electrons. The number of fused-ring (bicyclic) bond motifs is 1. The number of carbonyl (C=O) groups excluding carboxylic acids is 2. The lowest BCUT2D eigenvalue weighted by molar-refractivity contribution is -0.168. The van der Waals surface area contributed by atoms with Crippen LogP contribution in [0.3, 0.4) is 0 Å². The van der Waals surface area contributed by atoms with E-state index in [1.54, 1.807) is 16.7 Å². The molecule has 2 unspecified atom stereocenters. The molecule has 0 saturated carbocycles. The standard InChI is InChI=1S/C23H24INO3S/c1-14(24)17-20(26)25-19(23(2,3)29-21(17)25)22(27)28-18(15-10-6-4-7-11-15)16-12-8-5-9-13-16/h4-14,17-19,21H,1-3H3/t14?,17?,19-,21+/m0/s1. The van der Waals surface area contributed by atoms with Gasteiger partial charge in [-0.3, -0.25) is 4.79 Å². The monoisotopic (exact) mass is 521 g/mol. The summed E-state index contributed by atoms with van der Waals surface area (Å²) in [6.45, 7) is 6.12. The molecular formula is C23H24INO3S. The van der Waals surface area contributed by atoms with Gasteiger partial charge in [-0.15, -0.1) is 11.8 Å². The second-order valence-electron chi connectivity index (χ2n) is 8.10. The number of rotatable bonds is 5. The van der Waals surface area contributed by atoms with Crippen LogP contribution >= 0.6 is 34.4 Å². The third-order valence-electron chi connectivity index (χ3n) is 5.64. The van der Waals surface area contributed by atoms with Crippen LogP contribution in [0.25, 0.3) is 0 Å². The minimum absolute atomic E-state index is 0.0308. The Hall–Kier alpha value is -1.54. The number of halogens is 1. The molecule has 4 rings (SSSR count). The van der Waals surface area contributed by atoms with Crippen molar-refractivity contribution in [3.8, 4) is 0 Å². The zero-order valence-electron chi connectivity index (χ0n) is 16.6. The fraction of sp³-hybridized carbons (Fsp3) is 0.391. The number of carbonyl (C=O) groups is 2. The Morgan fingerprint density at radius 3 is 2.07 bits per heavy atom. The molecule has 1 amide bonds. The van der Waals surface area contributed by atoms with Crippen LogP contribution in [0.15, 0.2) is 60.7 Å². The van der Waals surface area contributed by atoms with E-state index < -0.39 is 16.9 Å². The van der Waals surface area contributed by atoms with E-state index in [0.717, 1.165) is 11.1 Å². The molecule has 4 atom stereocenters. The van der Waals surface area contributed by atoms with Gasteiger partial charge in [0.2, 0.25) is 5.91 Å². The Morgan fingerprint density at radius 1 is 1.07 bits per heavy atom. The minimum Gasteiger partial charge on any atom is -0.451 e. The lowest BCUT2D eigenvalue weighted by Gasteiger charge is -2.45. The summed E-state index contributed by atoms with van der Waals surface area (Å²) >= 11 is 4.02. The van der Waals surface area contributed by atoms with Crippen molar-refractivity contribution in [3.05, 3.63) is 71.8 Å². The molecule has 2 aliphatic heterocycles. The smallest absolute Gasteiger partial charge is 0.331 e. The maximum absolute atomic E-state index is 13.4. The van der Waals surface area contributed by atoms with E-state index >= 15 is 0 Å². The van der Waals surface area contributed by atoms with Gasteiger partial charge >= 0.3 is 5.97 Å². The lowest BCUT2D eigenvalue weighted by Crippen LogP contribution is -2.64. The topological polar surface area (TPSA) is 46.6 Å². The van der Waals surface area contributed by atoms with Crippen molar-refractivity contribution in [2.75, 3.05) is 0 Å². The van der Waals surface area contributed by atoms with Gasteiger partial charge in [-0.25, -0.2) is 4.79 Å². The van der Waals surface area contributed by atoms with E-state index in [4.69, 9.17) is 4.74 Å². The SMILES string of the molecule is CC(I)C1C(=O)N2[C@@H]1SC(C)(C)[C@@H]2C(=O)OC(c1ccccc1)c1ccccc1. The molecular weight excluding hydrogens is 497 g/mol. The van der Waals surface area contributed by atoms with Crippen LogP contribution in [0.5, 0.6) is 0 Å². The highest BCUT2D eigenvalue weighted by Gasteiger charge is 2.64. The molecule has 0 radical (unpaired) electrons. The van der Waals surface area contributed by atoms with Crippen molar-refractivity contribution in [2.45, 2.75) is 47.0 Å². The highest BCUT2D eigenvalue weighted by molar-refractivity contribution is 14.1. The fourth-order valence-electron chi connectivity index (χ4n) is 4.21. The molecule has 0 spiro atoms. The van der Waals surface area contributed by atoms with Crippen molar-refractivity contribution in [1.29, 1.82) is 0 Å². The third kappa shape index (κ3) is 3.69. The van der Waals surface area contributed by atoms with Gasteiger partial charge in [-0.1, -0.05) is 90.2 Å². The number of benzene rings is 2. The van der Waals surface area contributed by atoms with Gasteiger partial charge in [-0.05, 0) is 25.0 Å². The van der Waals surface area contributed by atoms with Gasteiger partial charge < -0.3 is 9.64 Å². The summed E-state index contributed by atoms with van der Waals surface area (Å²) < 4.78 is 5.93. The molecule has 29 heavy (non-hydrogen) atoms. The largest absolute Gasteiger partial charge is 0.451 e. The van der Waals surface area contributed by atoms with Crippen molar-refractivity contribution in [3.63, 3.8) is 0 Å². The van der Waals surface area contributed by atoms with E-state index in [-0.39, 0.29) is 27.1 Å². The molecule has 2 aliphatic rings. The number of amides is 1. The highest BCUT2D eigenvalue weighted by atomic mass is 127. The molecule has 2 saturated heterocycles. The first-order chi connectivity index (χ1) is 13.8. The Morgan fingerprint density at radius 2 is 1.59 bits per heavy atom. The molecule has 4 nitrogen and oxygen atoms in total. The summed E-state index contributed by atoms with van der Waals surface area (Å²) in [5, 5.41) is 0.0499. The molecule has 2 aromatic rings. The summed E-state index contributed by atoms with van der Waals surface area (Å²) in [6, 6.07) is 18.9. The number of esters is 1. The predicted molar refractivity (Wildman–Crippen MR) is 124 cm³/mol. The first kappa shape index (κ1) is 20.7. The zero-order chi connectivity index (χ0) is 20.8. The van der Waals surface area contributed by atoms with Gasteiger partial charge in [-0.2, -0.15) is 0 Å². The first-order valence-corrected chi connectivity index (χ1v) is 11.9. The number of nitrogens with zero attached hydrogens (tertiary/aromatic N) is 1. The number of β-lactam (4-membered cyclic amide) rings is 1. The molecule has 2 fully saturated rings. The quantitative estimate of drug-likeness (QED) is 0.245. The number of hydrogen-bond acceptors (Lipinski definition) is 4. The van der Waals surface area contributed by atoms with Gasteiger partial charge in [0.05, 0.1) is 11.3 Å². The van der Waals surface area contributed by atoms with E-state index in [1.165, 1.54) is 0 Å². The summed E-state index contributed by atoms with van der Waals surface area (Å²) in [6.07, 6.45) is -0.500. The van der Waals surface area contributed by atoms with Gasteiger partial charge in [0.1, 0.15) is 6.04 Å². The average molecular weight is 521 g/mol. The molecule has 0 bridgehead atoms. The Labute approximate surface area is 189 Å². The summed E-state index contributed by atoms with van der Waals surface area (Å²) in [7, 11) is 0. The zero-order valence-corrected chi connectivity index (χ0v) is 19.6. The van der Waals surface area contributed by atoms with Crippen molar-refractivity contribution in [2.24, 2.45) is 5.92 Å². The minimum atomic E-state index is -0.577. The number of alkyl halides is 1. The summed E-state index contributed by atoms with van der Waals surface area (Å²) in [4.78, 5) is 28.0. The van der Waals surface area contributed by atoms with Crippen LogP contribution in [-0.4, -0.2) is 36.9 Å². The van der Waals surface area contributed by atoms with Crippen LogP contribution in [0.2, 0.25) is 0 Å². The molecule has 6 heteroatoms. The second-order valence-corrected chi connectivity index (χ2v) is 11.8. The van der Waals surface area contributed by atoms with Gasteiger partial charge in [0, 0.05) is 8.67 Å². The van der Waals surface area contributed by atoms with Crippen molar-refractivity contribution >= 4 is 46.2 Å². The van der Waals surface area contributed by atoms with Crippen molar-refractivity contribution < 1.29 is 14.3 Å². The Balaban J connectivity index is 1.62. The maximum atomic E-state index is 13.4. The molecule has 0 aliphatic carbocycles. The van der Waals surface area contributed by atoms with Crippen LogP contribution in [0, 0.1) is 5.92 Å². The predicted octanol–water partition coefficient (Wildman–Crippen LogP) is 4.82. The third-order valence-corrected chi connectivity index (χ3v) is 8.01. The van der Waals surface area contributed by atoms with Crippen LogP contribution < -0.4 is 0 Å². The Kier molecular flexibility index (Phi) is 5.68. The highest BCUT2D eigenvalue weighted by Crippen LogP contribution is 2.55. The van der Waals surface area contributed by atoms with E-state index in [0.29, 0.717) is 0 Å². The van der Waals surface area contributed by atoms with E-state index in [9.17, 15) is 9.59 Å². The summed E-state index contributed by atoms with van der Waals surface area (Å²) in [5.41, 5.74) is 1.83. The average Bonchev–Trinajstić information content (AvgIpc) is 2.94. The lowest BCUT2D eigenvalue weighted by atomic mass is 9.90. The van der Waals surface area contributed by atoms with Gasteiger partial charge in [0.25, 0.3) is 0 Å². The molecule has 0 aromatic heterocycles. The van der Waals surface area contributed by atoms with E-state index in [1.807, 2.05) is 74.5 Å². The first-order valence-electron chi connectivity index (χ1n) is 9.75. The Bertz CT molecular complexity index is 863.